The van der Waals surface area contributed by atoms with Crippen LogP contribution in [0.15, 0.2) is 22.7 Å². The number of amides is 1. The molecule has 1 N–H and O–H groups in total. The molecule has 0 aromatic heterocycles. The van der Waals surface area contributed by atoms with E-state index in [0.29, 0.717) is 12.5 Å². The maximum atomic E-state index is 11.7. The fourth-order valence-electron chi connectivity index (χ4n) is 1.96. The van der Waals surface area contributed by atoms with Crippen LogP contribution < -0.4 is 5.32 Å². The molecule has 1 aromatic carbocycles. The molecule has 1 saturated carbocycles. The lowest BCUT2D eigenvalue weighted by molar-refractivity contribution is -0.122. The quantitative estimate of drug-likeness (QED) is 0.907. The fraction of sp³-hybridized carbons (Fsp3) is 0.500. The Morgan fingerprint density at radius 2 is 2.24 bits per heavy atom. The smallest absolute Gasteiger partial charge is 0.220 e. The third kappa shape index (κ3) is 3.56. The molecule has 3 heteroatoms. The molecule has 1 aliphatic rings. The number of rotatable bonds is 4. The summed E-state index contributed by atoms with van der Waals surface area (Å²) in [6, 6.07) is 6.73. The number of benzene rings is 1. The molecule has 0 saturated heterocycles. The van der Waals surface area contributed by atoms with Crippen molar-refractivity contribution in [2.75, 3.05) is 0 Å². The molecule has 2 nitrogen and oxygen atoms in total. The number of carbonyl (C=O) groups excluding carboxylic acids is 1. The van der Waals surface area contributed by atoms with Gasteiger partial charge in [-0.05, 0) is 49.8 Å². The van der Waals surface area contributed by atoms with Gasteiger partial charge in [0.1, 0.15) is 0 Å². The van der Waals surface area contributed by atoms with Crippen LogP contribution in [0.25, 0.3) is 0 Å². The van der Waals surface area contributed by atoms with E-state index in [-0.39, 0.29) is 5.91 Å². The number of aryl methyl sites for hydroxylation is 2. The predicted octanol–water partition coefficient (Wildman–Crippen LogP) is 3.36. The first kappa shape index (κ1) is 12.6. The highest BCUT2D eigenvalue weighted by molar-refractivity contribution is 9.10. The van der Waals surface area contributed by atoms with Crippen molar-refractivity contribution in [2.24, 2.45) is 0 Å². The summed E-state index contributed by atoms with van der Waals surface area (Å²) >= 11 is 3.54. The molecule has 0 bridgehead atoms. The van der Waals surface area contributed by atoms with Gasteiger partial charge < -0.3 is 5.32 Å². The van der Waals surface area contributed by atoms with Crippen molar-refractivity contribution in [3.63, 3.8) is 0 Å². The number of hydrogen-bond acceptors (Lipinski definition) is 1. The summed E-state index contributed by atoms with van der Waals surface area (Å²) in [4.78, 5) is 11.7. The Labute approximate surface area is 111 Å². The van der Waals surface area contributed by atoms with Crippen LogP contribution in [-0.2, 0) is 11.2 Å². The van der Waals surface area contributed by atoms with Gasteiger partial charge in [-0.3, -0.25) is 4.79 Å². The van der Waals surface area contributed by atoms with Crippen LogP contribution in [0.4, 0.5) is 0 Å². The molecular weight excluding hydrogens is 278 g/mol. The summed E-state index contributed by atoms with van der Waals surface area (Å²) in [7, 11) is 0. The minimum atomic E-state index is 0.183. The zero-order chi connectivity index (χ0) is 12.3. The van der Waals surface area contributed by atoms with Crippen LogP contribution in [0.2, 0.25) is 0 Å². The Balaban J connectivity index is 1.82. The highest BCUT2D eigenvalue weighted by atomic mass is 79.9. The fourth-order valence-corrected chi connectivity index (χ4v) is 2.65. The number of nitrogens with one attached hydrogen (secondary N) is 1. The molecule has 0 atom stereocenters. The molecule has 1 amide bonds. The van der Waals surface area contributed by atoms with Crippen molar-refractivity contribution >= 4 is 21.8 Å². The van der Waals surface area contributed by atoms with Crippen molar-refractivity contribution in [1.82, 2.24) is 5.32 Å². The summed E-state index contributed by atoms with van der Waals surface area (Å²) < 4.78 is 1.11. The first-order chi connectivity index (χ1) is 8.15. The van der Waals surface area contributed by atoms with Gasteiger partial charge in [0.05, 0.1) is 0 Å². The maximum Gasteiger partial charge on any atom is 0.220 e. The summed E-state index contributed by atoms with van der Waals surface area (Å²) in [5.41, 5.74) is 2.44. The van der Waals surface area contributed by atoms with E-state index in [4.69, 9.17) is 0 Å². The Kier molecular flexibility index (Phi) is 4.21. The van der Waals surface area contributed by atoms with E-state index in [1.807, 2.05) is 0 Å². The van der Waals surface area contributed by atoms with Crippen molar-refractivity contribution in [3.8, 4) is 0 Å². The minimum absolute atomic E-state index is 0.183. The third-order valence-corrected chi connectivity index (χ3v) is 4.04. The van der Waals surface area contributed by atoms with Crippen LogP contribution in [0.3, 0.4) is 0 Å². The van der Waals surface area contributed by atoms with Gasteiger partial charge in [-0.25, -0.2) is 0 Å². The lowest BCUT2D eigenvalue weighted by atomic mass is 9.93. The normalized spacial score (nSPS) is 15.4. The molecule has 0 heterocycles. The van der Waals surface area contributed by atoms with Crippen molar-refractivity contribution in [3.05, 3.63) is 33.8 Å². The summed E-state index contributed by atoms with van der Waals surface area (Å²) in [6.45, 7) is 2.07. The average molecular weight is 296 g/mol. The molecule has 92 valence electrons. The highest BCUT2D eigenvalue weighted by Gasteiger charge is 2.19. The Bertz CT molecular complexity index is 413. The van der Waals surface area contributed by atoms with Gasteiger partial charge in [0.25, 0.3) is 0 Å². The van der Waals surface area contributed by atoms with Crippen molar-refractivity contribution < 1.29 is 4.79 Å². The number of hydrogen-bond donors (Lipinski definition) is 1. The lowest BCUT2D eigenvalue weighted by Crippen LogP contribution is -2.39. The lowest BCUT2D eigenvalue weighted by Gasteiger charge is -2.26. The van der Waals surface area contributed by atoms with E-state index in [9.17, 15) is 4.79 Å². The van der Waals surface area contributed by atoms with Gasteiger partial charge in [0.2, 0.25) is 5.91 Å². The molecule has 1 aliphatic carbocycles. The van der Waals surface area contributed by atoms with Gasteiger partial charge in [-0.15, -0.1) is 0 Å². The molecule has 0 unspecified atom stereocenters. The predicted molar refractivity (Wildman–Crippen MR) is 73.0 cm³/mol. The summed E-state index contributed by atoms with van der Waals surface area (Å²) in [5, 5.41) is 3.06. The van der Waals surface area contributed by atoms with Crippen LogP contribution in [0, 0.1) is 6.92 Å². The number of halogens is 1. The van der Waals surface area contributed by atoms with Crippen LogP contribution in [0.1, 0.15) is 36.8 Å². The maximum absolute atomic E-state index is 11.7. The van der Waals surface area contributed by atoms with E-state index in [1.165, 1.54) is 17.5 Å². The molecule has 2 rings (SSSR count). The van der Waals surface area contributed by atoms with E-state index in [1.54, 1.807) is 0 Å². The van der Waals surface area contributed by atoms with E-state index in [0.717, 1.165) is 23.7 Å². The molecule has 0 spiro atoms. The first-order valence-electron chi connectivity index (χ1n) is 6.19. The Morgan fingerprint density at radius 3 is 2.82 bits per heavy atom. The minimum Gasteiger partial charge on any atom is -0.353 e. The van der Waals surface area contributed by atoms with Gasteiger partial charge in [-0.2, -0.15) is 0 Å². The molecule has 0 aliphatic heterocycles. The van der Waals surface area contributed by atoms with E-state index >= 15 is 0 Å². The van der Waals surface area contributed by atoms with E-state index in [2.05, 4.69) is 46.4 Å². The van der Waals surface area contributed by atoms with Gasteiger partial charge in [0.15, 0.2) is 0 Å². The molecule has 1 aromatic rings. The number of carbonyl (C=O) groups is 1. The average Bonchev–Trinajstić information content (AvgIpc) is 2.22. The zero-order valence-electron chi connectivity index (χ0n) is 10.1. The Morgan fingerprint density at radius 1 is 1.47 bits per heavy atom. The van der Waals surface area contributed by atoms with Crippen molar-refractivity contribution in [2.45, 2.75) is 45.1 Å². The topological polar surface area (TPSA) is 29.1 Å². The van der Waals surface area contributed by atoms with Crippen LogP contribution in [-0.4, -0.2) is 11.9 Å². The Hall–Kier alpha value is -0.830. The van der Waals surface area contributed by atoms with E-state index < -0.39 is 0 Å². The van der Waals surface area contributed by atoms with Gasteiger partial charge in [-0.1, -0.05) is 28.1 Å². The molecule has 1 fully saturated rings. The summed E-state index contributed by atoms with van der Waals surface area (Å²) in [6.07, 6.45) is 4.95. The summed E-state index contributed by atoms with van der Waals surface area (Å²) in [5.74, 6) is 0.183. The second-order valence-corrected chi connectivity index (χ2v) is 5.64. The molecular formula is C14H18BrNO. The zero-order valence-corrected chi connectivity index (χ0v) is 11.7. The van der Waals surface area contributed by atoms with Gasteiger partial charge in [0, 0.05) is 16.9 Å². The van der Waals surface area contributed by atoms with Crippen molar-refractivity contribution in [1.29, 1.82) is 0 Å². The van der Waals surface area contributed by atoms with Crippen LogP contribution in [0.5, 0.6) is 0 Å². The van der Waals surface area contributed by atoms with Crippen LogP contribution >= 0.6 is 15.9 Å². The standard InChI is InChI=1S/C14H18BrNO/c1-10-5-6-11(13(15)9-10)7-8-14(17)16-12-3-2-4-12/h5-6,9,12H,2-4,7-8H2,1H3,(H,16,17). The molecule has 0 radical (unpaired) electrons. The third-order valence-electron chi connectivity index (χ3n) is 3.30. The highest BCUT2D eigenvalue weighted by Crippen LogP contribution is 2.21. The van der Waals surface area contributed by atoms with Gasteiger partial charge >= 0.3 is 0 Å². The SMILES string of the molecule is Cc1ccc(CCC(=O)NC2CCC2)c(Br)c1. The first-order valence-corrected chi connectivity index (χ1v) is 6.99. The second kappa shape index (κ2) is 5.67. The molecule has 17 heavy (non-hydrogen) atoms. The largest absolute Gasteiger partial charge is 0.353 e. The second-order valence-electron chi connectivity index (χ2n) is 4.79. The monoisotopic (exact) mass is 295 g/mol.